The van der Waals surface area contributed by atoms with Crippen molar-refractivity contribution in [1.29, 1.82) is 0 Å². The van der Waals surface area contributed by atoms with E-state index in [0.717, 1.165) is 10.2 Å². The molecule has 0 radical (unpaired) electrons. The van der Waals surface area contributed by atoms with Crippen molar-refractivity contribution in [2.45, 2.75) is 19.9 Å². The molecule has 0 aliphatic carbocycles. The van der Waals surface area contributed by atoms with Crippen molar-refractivity contribution < 1.29 is 0 Å². The van der Waals surface area contributed by atoms with Crippen molar-refractivity contribution >= 4 is 45.9 Å². The van der Waals surface area contributed by atoms with Gasteiger partial charge in [-0.15, -0.1) is 12.4 Å². The van der Waals surface area contributed by atoms with Crippen molar-refractivity contribution in [3.63, 3.8) is 0 Å². The van der Waals surface area contributed by atoms with E-state index < -0.39 is 0 Å². The quantitative estimate of drug-likeness (QED) is 0.568. The summed E-state index contributed by atoms with van der Waals surface area (Å²) in [5.74, 6) is 0.898. The summed E-state index contributed by atoms with van der Waals surface area (Å²) in [4.78, 5) is 8.25. The summed E-state index contributed by atoms with van der Waals surface area (Å²) < 4.78 is 1.02. The van der Waals surface area contributed by atoms with E-state index in [9.17, 15) is 0 Å². The van der Waals surface area contributed by atoms with Crippen LogP contribution in [-0.2, 0) is 0 Å². The standard InChI is InChI=1S/C12H18BrN5.ClH/c1-8(2)16-11(14)18-12(15-3)17-10-6-4-9(13)5-7-10;/h4-8H,1-3H3,(H4,14,15,16,17,18);1H. The van der Waals surface area contributed by atoms with Crippen LogP contribution in [0.5, 0.6) is 0 Å². The summed E-state index contributed by atoms with van der Waals surface area (Å²) >= 11 is 3.38. The van der Waals surface area contributed by atoms with Crippen LogP contribution in [0.15, 0.2) is 38.7 Å². The number of nitrogens with two attached hydrogens (primary N) is 1. The molecule has 4 N–H and O–H groups in total. The van der Waals surface area contributed by atoms with Crippen LogP contribution < -0.4 is 16.4 Å². The molecule has 0 saturated carbocycles. The van der Waals surface area contributed by atoms with Gasteiger partial charge < -0.3 is 11.1 Å². The molecule has 0 aromatic heterocycles. The molecule has 1 aromatic rings. The van der Waals surface area contributed by atoms with Crippen LogP contribution in [0.25, 0.3) is 0 Å². The van der Waals surface area contributed by atoms with Crippen LogP contribution in [0.4, 0.5) is 5.69 Å². The third-order valence-electron chi connectivity index (χ3n) is 1.97. The van der Waals surface area contributed by atoms with Crippen molar-refractivity contribution in [2.24, 2.45) is 15.7 Å². The molecule has 106 valence electrons. The zero-order valence-electron chi connectivity index (χ0n) is 11.1. The maximum atomic E-state index is 5.74. The average Bonchev–Trinajstić information content (AvgIpc) is 2.30. The molecule has 0 amide bonds. The van der Waals surface area contributed by atoms with Crippen LogP contribution in [0.3, 0.4) is 0 Å². The Bertz CT molecular complexity index is 442. The molecule has 1 aromatic carbocycles. The summed E-state index contributed by atoms with van der Waals surface area (Å²) in [6, 6.07) is 7.91. The van der Waals surface area contributed by atoms with E-state index in [1.807, 2.05) is 38.1 Å². The molecular formula is C12H19BrClN5. The smallest absolute Gasteiger partial charge is 0.202 e. The number of halogens is 2. The predicted octanol–water partition coefficient (Wildman–Crippen LogP) is 2.58. The first-order valence-corrected chi connectivity index (χ1v) is 6.40. The maximum absolute atomic E-state index is 5.74. The number of guanidine groups is 2. The number of anilines is 1. The van der Waals surface area contributed by atoms with Gasteiger partial charge in [-0.2, -0.15) is 0 Å². The van der Waals surface area contributed by atoms with Gasteiger partial charge in [-0.3, -0.25) is 15.3 Å². The van der Waals surface area contributed by atoms with Gasteiger partial charge >= 0.3 is 0 Å². The number of hydrogen-bond donors (Lipinski definition) is 3. The first-order chi connectivity index (χ1) is 8.51. The second-order valence-electron chi connectivity index (χ2n) is 3.94. The number of aliphatic imine (C=N–C) groups is 2. The second-order valence-corrected chi connectivity index (χ2v) is 4.85. The van der Waals surface area contributed by atoms with Crippen LogP contribution in [0.1, 0.15) is 13.8 Å². The van der Waals surface area contributed by atoms with Crippen molar-refractivity contribution in [1.82, 2.24) is 5.32 Å². The third-order valence-corrected chi connectivity index (χ3v) is 2.50. The second kappa shape index (κ2) is 8.77. The van der Waals surface area contributed by atoms with Gasteiger partial charge in [-0.25, -0.2) is 0 Å². The minimum atomic E-state index is 0. The molecule has 7 heteroatoms. The highest BCUT2D eigenvalue weighted by Gasteiger charge is 2.01. The van der Waals surface area contributed by atoms with E-state index in [0.29, 0.717) is 11.9 Å². The molecule has 0 atom stereocenters. The van der Waals surface area contributed by atoms with E-state index in [1.165, 1.54) is 0 Å². The molecule has 0 heterocycles. The lowest BCUT2D eigenvalue weighted by Gasteiger charge is -2.11. The Labute approximate surface area is 128 Å². The Morgan fingerprint density at radius 3 is 2.32 bits per heavy atom. The van der Waals surface area contributed by atoms with E-state index in [2.05, 4.69) is 36.5 Å². The number of nitrogens with zero attached hydrogens (tertiary/aromatic N) is 2. The van der Waals surface area contributed by atoms with Gasteiger partial charge in [0.1, 0.15) is 0 Å². The highest BCUT2D eigenvalue weighted by atomic mass is 79.9. The normalized spacial score (nSPS) is 12.1. The molecule has 0 fully saturated rings. The summed E-state index contributed by atoms with van der Waals surface area (Å²) in [6.45, 7) is 3.92. The minimum absolute atomic E-state index is 0. The number of rotatable bonds is 2. The zero-order valence-corrected chi connectivity index (χ0v) is 13.5. The van der Waals surface area contributed by atoms with E-state index in [1.54, 1.807) is 7.05 Å². The molecule has 0 saturated heterocycles. The highest BCUT2D eigenvalue weighted by Crippen LogP contribution is 2.13. The van der Waals surface area contributed by atoms with E-state index in [4.69, 9.17) is 5.73 Å². The van der Waals surface area contributed by atoms with Gasteiger partial charge in [0.25, 0.3) is 0 Å². The van der Waals surface area contributed by atoms with Crippen molar-refractivity contribution in [3.8, 4) is 0 Å². The van der Waals surface area contributed by atoms with E-state index in [-0.39, 0.29) is 18.4 Å². The van der Waals surface area contributed by atoms with Crippen LogP contribution in [0.2, 0.25) is 0 Å². The lowest BCUT2D eigenvalue weighted by atomic mass is 10.3. The zero-order chi connectivity index (χ0) is 13.5. The summed E-state index contributed by atoms with van der Waals surface area (Å²) in [7, 11) is 1.68. The first kappa shape index (κ1) is 17.7. The molecule has 0 aliphatic heterocycles. The Morgan fingerprint density at radius 1 is 1.26 bits per heavy atom. The van der Waals surface area contributed by atoms with Gasteiger partial charge in [0, 0.05) is 23.2 Å². The molecule has 0 spiro atoms. The lowest BCUT2D eigenvalue weighted by molar-refractivity contribution is 0.827. The molecule has 5 nitrogen and oxygen atoms in total. The van der Waals surface area contributed by atoms with E-state index >= 15 is 0 Å². The van der Waals surface area contributed by atoms with Crippen LogP contribution >= 0.6 is 28.3 Å². The van der Waals surface area contributed by atoms with Gasteiger partial charge in [0.15, 0.2) is 5.96 Å². The van der Waals surface area contributed by atoms with Gasteiger partial charge in [0.05, 0.1) is 0 Å². The fourth-order valence-corrected chi connectivity index (χ4v) is 1.51. The SMILES string of the molecule is CN=C(NC(N)=NC(C)C)Nc1ccc(Br)cc1.Cl. The third kappa shape index (κ3) is 7.03. The molecular weight excluding hydrogens is 330 g/mol. The molecule has 0 unspecified atom stereocenters. The Kier molecular flexibility index (Phi) is 8.18. The minimum Gasteiger partial charge on any atom is -0.370 e. The Balaban J connectivity index is 0.00000324. The predicted molar refractivity (Wildman–Crippen MR) is 88.3 cm³/mol. The van der Waals surface area contributed by atoms with Gasteiger partial charge in [-0.1, -0.05) is 15.9 Å². The van der Waals surface area contributed by atoms with Gasteiger partial charge in [0.2, 0.25) is 5.96 Å². The monoisotopic (exact) mass is 347 g/mol. The molecule has 1 rings (SSSR count). The summed E-state index contributed by atoms with van der Waals surface area (Å²) in [5.41, 5.74) is 6.66. The topological polar surface area (TPSA) is 74.8 Å². The summed E-state index contributed by atoms with van der Waals surface area (Å²) in [6.07, 6.45) is 0. The van der Waals surface area contributed by atoms with Crippen molar-refractivity contribution in [2.75, 3.05) is 12.4 Å². The van der Waals surface area contributed by atoms with Gasteiger partial charge in [-0.05, 0) is 38.1 Å². The fourth-order valence-electron chi connectivity index (χ4n) is 1.24. The largest absolute Gasteiger partial charge is 0.370 e. The van der Waals surface area contributed by atoms with Crippen LogP contribution in [0, 0.1) is 0 Å². The Hall–Kier alpha value is -1.27. The Morgan fingerprint density at radius 2 is 1.84 bits per heavy atom. The average molecular weight is 349 g/mol. The first-order valence-electron chi connectivity index (χ1n) is 5.61. The lowest BCUT2D eigenvalue weighted by Crippen LogP contribution is -2.41. The number of nitrogens with one attached hydrogen (secondary N) is 2. The molecule has 19 heavy (non-hydrogen) atoms. The van der Waals surface area contributed by atoms with Crippen molar-refractivity contribution in [3.05, 3.63) is 28.7 Å². The summed E-state index contributed by atoms with van der Waals surface area (Å²) in [5, 5.41) is 6.03. The fraction of sp³-hybridized carbons (Fsp3) is 0.333. The highest BCUT2D eigenvalue weighted by molar-refractivity contribution is 9.10. The maximum Gasteiger partial charge on any atom is 0.202 e. The van der Waals surface area contributed by atoms with Crippen LogP contribution in [-0.4, -0.2) is 25.0 Å². The number of benzene rings is 1. The number of hydrogen-bond acceptors (Lipinski definition) is 2. The molecule has 0 bridgehead atoms. The molecule has 0 aliphatic rings.